The minimum atomic E-state index is -0.559. The molecule has 1 heterocycles. The van der Waals surface area contributed by atoms with Gasteiger partial charge in [-0.2, -0.15) is 0 Å². The second-order valence-electron chi connectivity index (χ2n) is 5.77. The highest BCUT2D eigenvalue weighted by molar-refractivity contribution is 5.93. The standard InChI is InChI=1S/C19H19N3O5/c1-25-15-8-5-13(9-16(15)26-2)11-18-21-20-17(27-18)10-12-3-6-14(7-4-12)19(23)22-24/h3-9,24H,10-11H2,1-2H3,(H,22,23). The Hall–Kier alpha value is -3.39. The first-order valence-electron chi connectivity index (χ1n) is 8.18. The first kappa shape index (κ1) is 18.4. The van der Waals surface area contributed by atoms with Crippen LogP contribution in [0.15, 0.2) is 46.9 Å². The largest absolute Gasteiger partial charge is 0.493 e. The zero-order valence-corrected chi connectivity index (χ0v) is 14.9. The maximum atomic E-state index is 11.3. The van der Waals surface area contributed by atoms with Gasteiger partial charge in [-0.05, 0) is 35.4 Å². The normalized spacial score (nSPS) is 10.5. The number of carbonyl (C=O) groups excluding carboxylic acids is 1. The Kier molecular flexibility index (Phi) is 5.68. The Morgan fingerprint density at radius 3 is 2.15 bits per heavy atom. The number of amides is 1. The zero-order valence-electron chi connectivity index (χ0n) is 14.9. The molecule has 3 aromatic rings. The number of aromatic nitrogens is 2. The first-order valence-corrected chi connectivity index (χ1v) is 8.18. The maximum Gasteiger partial charge on any atom is 0.274 e. The third kappa shape index (κ3) is 4.42. The van der Waals surface area contributed by atoms with E-state index in [4.69, 9.17) is 19.1 Å². The molecule has 0 spiro atoms. The smallest absolute Gasteiger partial charge is 0.274 e. The molecule has 8 heteroatoms. The Balaban J connectivity index is 1.67. The predicted molar refractivity (Wildman–Crippen MR) is 95.2 cm³/mol. The van der Waals surface area contributed by atoms with Gasteiger partial charge in [0.2, 0.25) is 11.8 Å². The van der Waals surface area contributed by atoms with Crippen LogP contribution in [0.4, 0.5) is 0 Å². The number of carbonyl (C=O) groups is 1. The molecular formula is C19H19N3O5. The summed E-state index contributed by atoms with van der Waals surface area (Å²) in [6.07, 6.45) is 0.920. The molecule has 0 saturated heterocycles. The lowest BCUT2D eigenvalue weighted by atomic mass is 10.1. The molecule has 0 saturated carbocycles. The van der Waals surface area contributed by atoms with Crippen LogP contribution in [0.25, 0.3) is 0 Å². The van der Waals surface area contributed by atoms with Gasteiger partial charge in [0.05, 0.1) is 27.1 Å². The van der Waals surface area contributed by atoms with Crippen LogP contribution in [0.2, 0.25) is 0 Å². The molecule has 0 bridgehead atoms. The van der Waals surface area contributed by atoms with Gasteiger partial charge in [-0.1, -0.05) is 18.2 Å². The van der Waals surface area contributed by atoms with Crippen LogP contribution in [0.3, 0.4) is 0 Å². The van der Waals surface area contributed by atoms with Crippen LogP contribution >= 0.6 is 0 Å². The van der Waals surface area contributed by atoms with E-state index in [-0.39, 0.29) is 0 Å². The van der Waals surface area contributed by atoms with Crippen LogP contribution in [0.1, 0.15) is 33.3 Å². The van der Waals surface area contributed by atoms with Crippen molar-refractivity contribution in [2.24, 2.45) is 0 Å². The number of hydrogen-bond acceptors (Lipinski definition) is 7. The predicted octanol–water partition coefficient (Wildman–Crippen LogP) is 2.39. The van der Waals surface area contributed by atoms with E-state index in [0.29, 0.717) is 41.7 Å². The van der Waals surface area contributed by atoms with Crippen molar-refractivity contribution in [3.63, 3.8) is 0 Å². The summed E-state index contributed by atoms with van der Waals surface area (Å²) in [6, 6.07) is 12.4. The Morgan fingerprint density at radius 2 is 1.56 bits per heavy atom. The van der Waals surface area contributed by atoms with E-state index >= 15 is 0 Å². The summed E-state index contributed by atoms with van der Waals surface area (Å²) >= 11 is 0. The molecule has 0 aliphatic carbocycles. The van der Waals surface area contributed by atoms with E-state index in [1.807, 2.05) is 18.2 Å². The topological polar surface area (TPSA) is 107 Å². The van der Waals surface area contributed by atoms with Crippen LogP contribution in [-0.4, -0.2) is 35.5 Å². The molecule has 1 amide bonds. The lowest BCUT2D eigenvalue weighted by molar-refractivity contribution is 0.0706. The average molecular weight is 369 g/mol. The van der Waals surface area contributed by atoms with Gasteiger partial charge in [-0.3, -0.25) is 10.0 Å². The van der Waals surface area contributed by atoms with Crippen LogP contribution in [0.5, 0.6) is 11.5 Å². The van der Waals surface area contributed by atoms with E-state index in [1.165, 1.54) is 0 Å². The molecule has 0 aliphatic heterocycles. The minimum Gasteiger partial charge on any atom is -0.493 e. The van der Waals surface area contributed by atoms with Crippen molar-refractivity contribution in [2.45, 2.75) is 12.8 Å². The molecule has 8 nitrogen and oxygen atoms in total. The van der Waals surface area contributed by atoms with E-state index in [2.05, 4.69) is 10.2 Å². The third-order valence-electron chi connectivity index (χ3n) is 3.99. The fraction of sp³-hybridized carbons (Fsp3) is 0.211. The van der Waals surface area contributed by atoms with Crippen molar-refractivity contribution in [1.82, 2.24) is 15.7 Å². The molecule has 0 atom stereocenters. The highest BCUT2D eigenvalue weighted by Crippen LogP contribution is 2.28. The lowest BCUT2D eigenvalue weighted by Crippen LogP contribution is -2.18. The lowest BCUT2D eigenvalue weighted by Gasteiger charge is -2.08. The molecule has 140 valence electrons. The molecule has 3 rings (SSSR count). The molecule has 2 N–H and O–H groups in total. The van der Waals surface area contributed by atoms with E-state index < -0.39 is 5.91 Å². The van der Waals surface area contributed by atoms with E-state index in [9.17, 15) is 4.79 Å². The number of nitrogens with zero attached hydrogens (tertiary/aromatic N) is 2. The first-order chi connectivity index (χ1) is 13.1. The summed E-state index contributed by atoms with van der Waals surface area (Å²) < 4.78 is 16.2. The molecule has 0 radical (unpaired) electrons. The number of hydroxylamine groups is 1. The summed E-state index contributed by atoms with van der Waals surface area (Å²) in [5.41, 5.74) is 3.83. The van der Waals surface area contributed by atoms with Gasteiger partial charge in [-0.15, -0.1) is 10.2 Å². The van der Waals surface area contributed by atoms with Crippen molar-refractivity contribution in [3.8, 4) is 11.5 Å². The van der Waals surface area contributed by atoms with Crippen LogP contribution in [-0.2, 0) is 12.8 Å². The van der Waals surface area contributed by atoms with E-state index in [0.717, 1.165) is 11.1 Å². The molecule has 0 aliphatic rings. The SMILES string of the molecule is COc1ccc(Cc2nnc(Cc3ccc(C(=O)NO)cc3)o2)cc1OC. The number of methoxy groups -OCH3 is 2. The zero-order chi connectivity index (χ0) is 19.2. The molecule has 0 fully saturated rings. The fourth-order valence-corrected chi connectivity index (χ4v) is 2.61. The van der Waals surface area contributed by atoms with Gasteiger partial charge >= 0.3 is 0 Å². The van der Waals surface area contributed by atoms with E-state index in [1.54, 1.807) is 44.0 Å². The monoisotopic (exact) mass is 369 g/mol. The van der Waals surface area contributed by atoms with Gasteiger partial charge in [0.25, 0.3) is 5.91 Å². The maximum absolute atomic E-state index is 11.3. The second-order valence-corrected chi connectivity index (χ2v) is 5.77. The summed E-state index contributed by atoms with van der Waals surface area (Å²) in [6.45, 7) is 0. The number of rotatable bonds is 7. The summed E-state index contributed by atoms with van der Waals surface area (Å²) in [4.78, 5) is 11.3. The number of benzene rings is 2. The molecule has 0 unspecified atom stereocenters. The molecule has 2 aromatic carbocycles. The average Bonchev–Trinajstić information content (AvgIpc) is 3.14. The third-order valence-corrected chi connectivity index (χ3v) is 3.99. The molecule has 1 aromatic heterocycles. The summed E-state index contributed by atoms with van der Waals surface area (Å²) in [7, 11) is 3.17. The van der Waals surface area contributed by atoms with Gasteiger partial charge in [-0.25, -0.2) is 5.48 Å². The van der Waals surface area contributed by atoms with Gasteiger partial charge in [0, 0.05) is 5.56 Å². The Bertz CT molecular complexity index is 921. The van der Waals surface area contributed by atoms with Crippen LogP contribution in [0, 0.1) is 0 Å². The van der Waals surface area contributed by atoms with Crippen molar-refractivity contribution < 1.29 is 23.9 Å². The highest BCUT2D eigenvalue weighted by Gasteiger charge is 2.11. The Morgan fingerprint density at radius 1 is 0.963 bits per heavy atom. The van der Waals surface area contributed by atoms with Gasteiger partial charge in [0.1, 0.15) is 0 Å². The quantitative estimate of drug-likeness (QED) is 0.486. The molecule has 27 heavy (non-hydrogen) atoms. The number of ether oxygens (including phenoxy) is 2. The Labute approximate surface area is 155 Å². The van der Waals surface area contributed by atoms with Gasteiger partial charge < -0.3 is 13.9 Å². The van der Waals surface area contributed by atoms with Crippen molar-refractivity contribution >= 4 is 5.91 Å². The van der Waals surface area contributed by atoms with Crippen molar-refractivity contribution in [2.75, 3.05) is 14.2 Å². The van der Waals surface area contributed by atoms with Crippen molar-refractivity contribution in [1.29, 1.82) is 0 Å². The van der Waals surface area contributed by atoms with Crippen LogP contribution < -0.4 is 15.0 Å². The fourth-order valence-electron chi connectivity index (χ4n) is 2.61. The number of nitrogens with one attached hydrogen (secondary N) is 1. The summed E-state index contributed by atoms with van der Waals surface area (Å²) in [5, 5.41) is 16.8. The summed E-state index contributed by atoms with van der Waals surface area (Å²) in [5.74, 6) is 1.71. The van der Waals surface area contributed by atoms with Crippen molar-refractivity contribution in [3.05, 3.63) is 70.9 Å². The minimum absolute atomic E-state index is 0.362. The highest BCUT2D eigenvalue weighted by atomic mass is 16.5. The molecular weight excluding hydrogens is 350 g/mol. The van der Waals surface area contributed by atoms with Gasteiger partial charge in [0.15, 0.2) is 11.5 Å². The second kappa shape index (κ2) is 8.33. The number of hydrogen-bond donors (Lipinski definition) is 2.